The summed E-state index contributed by atoms with van der Waals surface area (Å²) < 4.78 is 5.77. The third kappa shape index (κ3) is 4.35. The lowest BCUT2D eigenvalue weighted by Crippen LogP contribution is -2.29. The van der Waals surface area contributed by atoms with Crippen molar-refractivity contribution in [3.8, 4) is 5.75 Å². The van der Waals surface area contributed by atoms with Crippen LogP contribution >= 0.6 is 0 Å². The second kappa shape index (κ2) is 8.46. The van der Waals surface area contributed by atoms with Crippen LogP contribution in [-0.4, -0.2) is 24.5 Å². The van der Waals surface area contributed by atoms with Gasteiger partial charge in [-0.1, -0.05) is 44.2 Å². The average Bonchev–Trinajstić information content (AvgIpc) is 3.04. The number of carbonyl (C=O) groups excluding carboxylic acids is 2. The van der Waals surface area contributed by atoms with Crippen molar-refractivity contribution in [1.29, 1.82) is 0 Å². The molecule has 2 aromatic rings. The van der Waals surface area contributed by atoms with Crippen molar-refractivity contribution in [2.75, 3.05) is 16.8 Å². The first-order valence-corrected chi connectivity index (χ1v) is 9.82. The summed E-state index contributed by atoms with van der Waals surface area (Å²) in [5.41, 5.74) is 2.66. The van der Waals surface area contributed by atoms with E-state index in [0.29, 0.717) is 23.9 Å². The molecular weight excluding hydrogens is 352 g/mol. The average molecular weight is 380 g/mol. The number of hydrogen-bond acceptors (Lipinski definition) is 3. The third-order valence-corrected chi connectivity index (χ3v) is 4.85. The molecule has 0 aliphatic carbocycles. The molecule has 1 saturated heterocycles. The van der Waals surface area contributed by atoms with Crippen molar-refractivity contribution in [2.24, 2.45) is 5.92 Å². The molecule has 0 bridgehead atoms. The number of rotatable bonds is 6. The van der Waals surface area contributed by atoms with Crippen molar-refractivity contribution in [3.05, 3.63) is 54.1 Å². The van der Waals surface area contributed by atoms with Crippen LogP contribution in [0.1, 0.15) is 45.6 Å². The molecule has 1 unspecified atom stereocenters. The van der Waals surface area contributed by atoms with Crippen molar-refractivity contribution < 1.29 is 14.3 Å². The molecule has 5 nitrogen and oxygen atoms in total. The van der Waals surface area contributed by atoms with Gasteiger partial charge in [0.25, 0.3) is 0 Å². The van der Waals surface area contributed by atoms with Gasteiger partial charge in [-0.3, -0.25) is 9.59 Å². The van der Waals surface area contributed by atoms with Crippen molar-refractivity contribution in [2.45, 2.75) is 46.1 Å². The lowest BCUT2D eigenvalue weighted by molar-refractivity contribution is -0.122. The molecule has 1 aliphatic rings. The van der Waals surface area contributed by atoms with E-state index in [9.17, 15) is 9.59 Å². The summed E-state index contributed by atoms with van der Waals surface area (Å²) in [5, 5.41) is 2.94. The first-order chi connectivity index (χ1) is 13.4. The normalized spacial score (nSPS) is 16.7. The van der Waals surface area contributed by atoms with Crippen molar-refractivity contribution in [3.63, 3.8) is 0 Å². The molecule has 0 spiro atoms. The molecule has 3 rings (SSSR count). The molecule has 148 valence electrons. The first kappa shape index (κ1) is 19.9. The fraction of sp³-hybridized carbons (Fsp3) is 0.391. The van der Waals surface area contributed by atoms with E-state index in [-0.39, 0.29) is 30.3 Å². The molecule has 1 fully saturated rings. The smallest absolute Gasteiger partial charge is 0.229 e. The predicted molar refractivity (Wildman–Crippen MR) is 112 cm³/mol. The van der Waals surface area contributed by atoms with E-state index in [4.69, 9.17) is 4.74 Å². The third-order valence-electron chi connectivity index (χ3n) is 4.85. The van der Waals surface area contributed by atoms with Gasteiger partial charge < -0.3 is 15.0 Å². The Morgan fingerprint density at radius 1 is 1.07 bits per heavy atom. The van der Waals surface area contributed by atoms with Crippen LogP contribution < -0.4 is 15.0 Å². The number of hydrogen-bond donors (Lipinski definition) is 1. The van der Waals surface area contributed by atoms with Gasteiger partial charge >= 0.3 is 0 Å². The summed E-state index contributed by atoms with van der Waals surface area (Å²) in [6.45, 7) is 8.49. The zero-order valence-electron chi connectivity index (χ0n) is 16.9. The molecule has 0 radical (unpaired) electrons. The van der Waals surface area contributed by atoms with Gasteiger partial charge in [0.15, 0.2) is 0 Å². The molecule has 0 saturated carbocycles. The molecule has 1 atom stereocenters. The fourth-order valence-corrected chi connectivity index (χ4v) is 3.50. The van der Waals surface area contributed by atoms with E-state index in [1.54, 1.807) is 4.90 Å². The standard InChI is InChI=1S/C23H28N2O3/c1-15(2)18-9-5-7-11-20(18)25-14-17(13-22(25)26)23(27)24-19-10-6-8-12-21(19)28-16(3)4/h5-12,15-17H,13-14H2,1-4H3,(H,24,27). The second-order valence-corrected chi connectivity index (χ2v) is 7.77. The molecular formula is C23H28N2O3. The summed E-state index contributed by atoms with van der Waals surface area (Å²) >= 11 is 0. The Bertz CT molecular complexity index is 860. The highest BCUT2D eigenvalue weighted by Crippen LogP contribution is 2.33. The van der Waals surface area contributed by atoms with Crippen LogP contribution in [0.25, 0.3) is 0 Å². The number of anilines is 2. The van der Waals surface area contributed by atoms with Gasteiger partial charge in [-0.05, 0) is 43.5 Å². The SMILES string of the molecule is CC(C)Oc1ccccc1NC(=O)C1CC(=O)N(c2ccccc2C(C)C)C1. The van der Waals surface area contributed by atoms with Crippen LogP contribution in [0.5, 0.6) is 5.75 Å². The topological polar surface area (TPSA) is 58.6 Å². The highest BCUT2D eigenvalue weighted by atomic mass is 16.5. The van der Waals surface area contributed by atoms with Gasteiger partial charge in [0.05, 0.1) is 17.7 Å². The molecule has 1 heterocycles. The highest BCUT2D eigenvalue weighted by Gasteiger charge is 2.36. The van der Waals surface area contributed by atoms with E-state index in [1.807, 2.05) is 62.4 Å². The van der Waals surface area contributed by atoms with Crippen LogP contribution in [0.4, 0.5) is 11.4 Å². The molecule has 1 aliphatic heterocycles. The van der Waals surface area contributed by atoms with Crippen molar-refractivity contribution in [1.82, 2.24) is 0 Å². The van der Waals surface area contributed by atoms with Crippen LogP contribution in [-0.2, 0) is 9.59 Å². The highest BCUT2D eigenvalue weighted by molar-refractivity contribution is 6.04. The Kier molecular flexibility index (Phi) is 6.02. The summed E-state index contributed by atoms with van der Waals surface area (Å²) in [6, 6.07) is 15.3. The molecule has 1 N–H and O–H groups in total. The van der Waals surface area contributed by atoms with Gasteiger partial charge in [-0.15, -0.1) is 0 Å². The largest absolute Gasteiger partial charge is 0.489 e. The summed E-state index contributed by atoms with van der Waals surface area (Å²) in [4.78, 5) is 27.2. The van der Waals surface area contributed by atoms with Crippen LogP contribution in [0.3, 0.4) is 0 Å². The molecule has 2 aromatic carbocycles. The van der Waals surface area contributed by atoms with Crippen molar-refractivity contribution >= 4 is 23.2 Å². The maximum atomic E-state index is 12.8. The summed E-state index contributed by atoms with van der Waals surface area (Å²) in [6.07, 6.45) is 0.222. The van der Waals surface area contributed by atoms with Gasteiger partial charge in [0, 0.05) is 18.7 Å². The Balaban J connectivity index is 1.75. The zero-order valence-corrected chi connectivity index (χ0v) is 16.9. The minimum Gasteiger partial charge on any atom is -0.489 e. The summed E-state index contributed by atoms with van der Waals surface area (Å²) in [5.74, 6) is 0.381. The Morgan fingerprint density at radius 2 is 1.75 bits per heavy atom. The number of nitrogens with one attached hydrogen (secondary N) is 1. The molecule has 5 heteroatoms. The van der Waals surface area contributed by atoms with E-state index in [1.165, 1.54) is 0 Å². The minimum atomic E-state index is -0.389. The lowest BCUT2D eigenvalue weighted by Gasteiger charge is -2.22. The maximum absolute atomic E-state index is 12.8. The number of ether oxygens (including phenoxy) is 1. The van der Waals surface area contributed by atoms with E-state index in [0.717, 1.165) is 11.3 Å². The Labute approximate surface area is 166 Å². The maximum Gasteiger partial charge on any atom is 0.229 e. The van der Waals surface area contributed by atoms with Gasteiger partial charge in [0.1, 0.15) is 5.75 Å². The Morgan fingerprint density at radius 3 is 2.46 bits per heavy atom. The monoisotopic (exact) mass is 380 g/mol. The number of benzene rings is 2. The number of nitrogens with zero attached hydrogens (tertiary/aromatic N) is 1. The van der Waals surface area contributed by atoms with E-state index < -0.39 is 0 Å². The minimum absolute atomic E-state index is 0.00846. The second-order valence-electron chi connectivity index (χ2n) is 7.77. The van der Waals surface area contributed by atoms with Crippen LogP contribution in [0.15, 0.2) is 48.5 Å². The number of amides is 2. The molecule has 28 heavy (non-hydrogen) atoms. The lowest BCUT2D eigenvalue weighted by atomic mass is 10.0. The van der Waals surface area contributed by atoms with Gasteiger partial charge in [-0.2, -0.15) is 0 Å². The number of para-hydroxylation sites is 3. The molecule has 0 aromatic heterocycles. The van der Waals surface area contributed by atoms with E-state index in [2.05, 4.69) is 19.2 Å². The summed E-state index contributed by atoms with van der Waals surface area (Å²) in [7, 11) is 0. The predicted octanol–water partition coefficient (Wildman–Crippen LogP) is 4.59. The zero-order chi connectivity index (χ0) is 20.3. The quantitative estimate of drug-likeness (QED) is 0.797. The fourth-order valence-electron chi connectivity index (χ4n) is 3.50. The first-order valence-electron chi connectivity index (χ1n) is 9.82. The number of carbonyl (C=O) groups is 2. The van der Waals surface area contributed by atoms with Crippen LogP contribution in [0, 0.1) is 5.92 Å². The molecule has 2 amide bonds. The Hall–Kier alpha value is -2.82. The van der Waals surface area contributed by atoms with Gasteiger partial charge in [-0.25, -0.2) is 0 Å². The van der Waals surface area contributed by atoms with Gasteiger partial charge in [0.2, 0.25) is 11.8 Å². The van der Waals surface area contributed by atoms with Crippen LogP contribution in [0.2, 0.25) is 0 Å². The van der Waals surface area contributed by atoms with E-state index >= 15 is 0 Å².